The molecule has 2 aliphatic heterocycles. The van der Waals surface area contributed by atoms with Gasteiger partial charge in [0, 0.05) is 28.9 Å². The van der Waals surface area contributed by atoms with Gasteiger partial charge in [0.05, 0.1) is 40.8 Å². The fourth-order valence-corrected chi connectivity index (χ4v) is 10.0. The number of para-hydroxylation sites is 4. The van der Waals surface area contributed by atoms with Crippen molar-refractivity contribution in [3.63, 3.8) is 0 Å². The predicted molar refractivity (Wildman–Crippen MR) is 258 cm³/mol. The van der Waals surface area contributed by atoms with Crippen LogP contribution in [0.15, 0.2) is 182 Å². The SMILES string of the molecule is Cc1cccc(C)c1B1N(c2ccccc2)c2ccc(-n3[c-][n+](C)c4ccccc43)cc2N1c1ccc2c(c1)N(c1ccccn1)B(c1c(C)cccc1C)N2c1ccccc1. The van der Waals surface area contributed by atoms with Crippen LogP contribution >= 0.6 is 0 Å². The second kappa shape index (κ2) is 14.9. The molecule has 0 bridgehead atoms. The summed E-state index contributed by atoms with van der Waals surface area (Å²) in [6.07, 6.45) is 5.51. The molecule has 0 atom stereocenters. The fraction of sp³-hybridized carbons (Fsp3) is 0.0943. The number of imidazole rings is 1. The number of hydrogen-bond acceptors (Lipinski definition) is 5. The number of rotatable bonds is 7. The zero-order chi connectivity index (χ0) is 42.1. The second-order valence-electron chi connectivity index (χ2n) is 16.5. The first-order chi connectivity index (χ1) is 30.4. The molecule has 0 saturated carbocycles. The largest absolute Gasteiger partial charge is 0.422 e. The molecule has 0 fully saturated rings. The maximum Gasteiger partial charge on any atom is 0.422 e. The summed E-state index contributed by atoms with van der Waals surface area (Å²) in [5.41, 5.74) is 18.6. The molecule has 7 nitrogen and oxygen atoms in total. The van der Waals surface area contributed by atoms with Crippen LogP contribution in [-0.4, -0.2) is 23.5 Å². The molecule has 0 spiro atoms. The molecule has 9 aromatic rings. The van der Waals surface area contributed by atoms with Crippen molar-refractivity contribution >= 4 is 81.6 Å². The van der Waals surface area contributed by atoms with Gasteiger partial charge in [0.2, 0.25) is 6.33 Å². The van der Waals surface area contributed by atoms with E-state index in [0.29, 0.717) is 0 Å². The molecule has 62 heavy (non-hydrogen) atoms. The van der Waals surface area contributed by atoms with Crippen molar-refractivity contribution in [2.75, 3.05) is 19.2 Å². The van der Waals surface area contributed by atoms with Crippen LogP contribution in [0.5, 0.6) is 0 Å². The van der Waals surface area contributed by atoms with Crippen molar-refractivity contribution in [1.29, 1.82) is 0 Å². The first-order valence-electron chi connectivity index (χ1n) is 21.3. The van der Waals surface area contributed by atoms with E-state index in [1.165, 1.54) is 33.2 Å². The summed E-state index contributed by atoms with van der Waals surface area (Å²) in [4.78, 5) is 15.1. The van der Waals surface area contributed by atoms with Gasteiger partial charge in [0.15, 0.2) is 0 Å². The normalized spacial score (nSPS) is 13.4. The van der Waals surface area contributed by atoms with E-state index in [-0.39, 0.29) is 14.0 Å². The Morgan fingerprint density at radius 1 is 0.435 bits per heavy atom. The molecule has 0 aliphatic carbocycles. The Hall–Kier alpha value is -7.51. The van der Waals surface area contributed by atoms with E-state index in [9.17, 15) is 0 Å². The summed E-state index contributed by atoms with van der Waals surface area (Å²) in [5, 5.41) is 0. The number of hydrogen-bond donors (Lipinski definition) is 0. The van der Waals surface area contributed by atoms with Gasteiger partial charge >= 0.3 is 14.0 Å². The van der Waals surface area contributed by atoms with Crippen molar-refractivity contribution in [3.05, 3.63) is 211 Å². The number of fused-ring (bicyclic) bond motifs is 3. The molecule has 298 valence electrons. The Balaban J connectivity index is 1.19. The van der Waals surface area contributed by atoms with Crippen molar-refractivity contribution in [2.24, 2.45) is 7.05 Å². The molecule has 11 rings (SSSR count). The third-order valence-electron chi connectivity index (χ3n) is 12.8. The van der Waals surface area contributed by atoms with Gasteiger partial charge in [-0.15, -0.1) is 0 Å². The highest BCUT2D eigenvalue weighted by atomic mass is 15.3. The van der Waals surface area contributed by atoms with E-state index in [1.54, 1.807) is 0 Å². The van der Waals surface area contributed by atoms with Gasteiger partial charge in [-0.2, -0.15) is 0 Å². The van der Waals surface area contributed by atoms with E-state index < -0.39 is 0 Å². The molecule has 0 radical (unpaired) electrons. The molecule has 0 unspecified atom stereocenters. The van der Waals surface area contributed by atoms with Crippen molar-refractivity contribution < 1.29 is 4.57 Å². The number of anilines is 8. The highest BCUT2D eigenvalue weighted by molar-refractivity contribution is 6.86. The zero-order valence-electron chi connectivity index (χ0n) is 35.6. The van der Waals surface area contributed by atoms with Crippen molar-refractivity contribution in [2.45, 2.75) is 27.7 Å². The molecule has 7 aromatic carbocycles. The lowest BCUT2D eigenvalue weighted by atomic mass is 9.61. The van der Waals surface area contributed by atoms with Gasteiger partial charge in [-0.05, 0) is 105 Å². The smallest absolute Gasteiger partial charge is 0.360 e. The summed E-state index contributed by atoms with van der Waals surface area (Å²) in [6, 6.07) is 63.6. The van der Waals surface area contributed by atoms with E-state index in [1.807, 2.05) is 12.3 Å². The maximum atomic E-state index is 5.06. The number of nitrogens with zero attached hydrogens (tertiary/aromatic N) is 7. The van der Waals surface area contributed by atoms with Crippen LogP contribution in [0.25, 0.3) is 16.7 Å². The lowest BCUT2D eigenvalue weighted by Gasteiger charge is -2.32. The van der Waals surface area contributed by atoms with Gasteiger partial charge in [0.25, 0.3) is 0 Å². The van der Waals surface area contributed by atoms with Gasteiger partial charge in [0.1, 0.15) is 5.82 Å². The highest BCUT2D eigenvalue weighted by Gasteiger charge is 2.48. The first kappa shape index (κ1) is 37.5. The Bertz CT molecular complexity index is 3090. The Morgan fingerprint density at radius 3 is 1.50 bits per heavy atom. The number of aryl methyl sites for hydroxylation is 5. The minimum atomic E-state index is -0.201. The summed E-state index contributed by atoms with van der Waals surface area (Å²) in [7, 11) is 2.06. The second-order valence-corrected chi connectivity index (χ2v) is 16.5. The third kappa shape index (κ3) is 5.91. The number of aromatic nitrogens is 3. The standard InChI is InChI=1S/C53H45B2N7/c1-37-18-16-19-38(2)52(37)54-59(41-22-8-6-9-23-41)47-31-29-43(58-36-57(5)45-26-12-13-27-46(45)58)34-49(47)61(54)44-30-32-48-50(35-44)62(51-28-14-15-33-56-51)55(53-39(3)20-17-21-40(53)4)60(48)42-24-10-7-11-25-42/h6-35H,1-5H3. The molecule has 0 amide bonds. The monoisotopic (exact) mass is 801 g/mol. The third-order valence-corrected chi connectivity index (χ3v) is 12.8. The van der Waals surface area contributed by atoms with Crippen molar-refractivity contribution in [3.8, 4) is 5.69 Å². The van der Waals surface area contributed by atoms with Gasteiger partial charge in [-0.3, -0.25) is 0 Å². The molecular weight excluding hydrogens is 756 g/mol. The zero-order valence-corrected chi connectivity index (χ0v) is 35.6. The first-order valence-corrected chi connectivity index (χ1v) is 21.3. The molecule has 0 saturated heterocycles. The van der Waals surface area contributed by atoms with E-state index in [0.717, 1.165) is 62.4 Å². The van der Waals surface area contributed by atoms with Crippen LogP contribution in [0.2, 0.25) is 0 Å². The van der Waals surface area contributed by atoms with E-state index >= 15 is 0 Å². The Morgan fingerprint density at radius 2 is 0.919 bits per heavy atom. The van der Waals surface area contributed by atoms with Crippen LogP contribution in [0.3, 0.4) is 0 Å². The minimum Gasteiger partial charge on any atom is -0.360 e. The highest BCUT2D eigenvalue weighted by Crippen LogP contribution is 2.52. The van der Waals surface area contributed by atoms with Crippen molar-refractivity contribution in [1.82, 2.24) is 9.55 Å². The van der Waals surface area contributed by atoms with Crippen LogP contribution < -0.4 is 34.7 Å². The summed E-state index contributed by atoms with van der Waals surface area (Å²) < 4.78 is 4.26. The number of benzene rings is 7. The summed E-state index contributed by atoms with van der Waals surface area (Å²) in [5.74, 6) is 0.890. The van der Waals surface area contributed by atoms with Crippen LogP contribution in [-0.2, 0) is 7.05 Å². The lowest BCUT2D eigenvalue weighted by Crippen LogP contribution is -2.55. The molecule has 9 heteroatoms. The average Bonchev–Trinajstić information content (AvgIpc) is 3.94. The molecule has 4 heterocycles. The van der Waals surface area contributed by atoms with Crippen LogP contribution in [0, 0.1) is 34.0 Å². The fourth-order valence-electron chi connectivity index (χ4n) is 10.0. The quantitative estimate of drug-likeness (QED) is 0.0911. The van der Waals surface area contributed by atoms with Crippen LogP contribution in [0.4, 0.5) is 45.6 Å². The average molecular weight is 802 g/mol. The lowest BCUT2D eigenvalue weighted by molar-refractivity contribution is -0.649. The minimum absolute atomic E-state index is 0.190. The molecule has 2 aliphatic rings. The van der Waals surface area contributed by atoms with Gasteiger partial charge in [-0.25, -0.2) is 4.98 Å². The van der Waals surface area contributed by atoms with Crippen LogP contribution in [0.1, 0.15) is 22.3 Å². The predicted octanol–water partition coefficient (Wildman–Crippen LogP) is 10.3. The van der Waals surface area contributed by atoms with E-state index in [2.05, 4.69) is 239 Å². The topological polar surface area (TPSA) is 34.7 Å². The Labute approximate surface area is 364 Å². The molecule has 0 N–H and O–H groups in total. The molecular formula is C53H45B2N7. The van der Waals surface area contributed by atoms with Gasteiger partial charge < -0.3 is 28.4 Å². The van der Waals surface area contributed by atoms with E-state index in [4.69, 9.17) is 4.98 Å². The number of pyridine rings is 1. The van der Waals surface area contributed by atoms with Gasteiger partial charge in [-0.1, -0.05) is 131 Å². The Kier molecular flexibility index (Phi) is 9.00. The summed E-state index contributed by atoms with van der Waals surface area (Å²) in [6.45, 7) is 8.56. The maximum absolute atomic E-state index is 5.06. The molecule has 2 aromatic heterocycles. The summed E-state index contributed by atoms with van der Waals surface area (Å²) >= 11 is 0.